The molecule has 0 N–H and O–H groups in total. The van der Waals surface area contributed by atoms with Crippen molar-refractivity contribution in [1.82, 2.24) is 0 Å². The highest BCUT2D eigenvalue weighted by molar-refractivity contribution is 5.69. The van der Waals surface area contributed by atoms with Crippen molar-refractivity contribution in [3.8, 4) is 16.9 Å². The minimum atomic E-state index is -0.948. The van der Waals surface area contributed by atoms with Gasteiger partial charge in [0.1, 0.15) is 5.76 Å². The smallest absolute Gasteiger partial charge is 0.201 e. The van der Waals surface area contributed by atoms with Gasteiger partial charge in [-0.25, -0.2) is 4.39 Å². The molecule has 0 radical (unpaired) electrons. The van der Waals surface area contributed by atoms with Crippen molar-refractivity contribution < 1.29 is 18.3 Å². The molecule has 0 amide bonds. The molecule has 2 aromatic carbocycles. The summed E-state index contributed by atoms with van der Waals surface area (Å²) < 4.78 is 39.6. The third kappa shape index (κ3) is 4.73. The van der Waals surface area contributed by atoms with Gasteiger partial charge in [0.25, 0.3) is 0 Å². The molecule has 1 atom stereocenters. The number of rotatable bonds is 8. The Balaban J connectivity index is 1.70. The van der Waals surface area contributed by atoms with E-state index in [0.717, 1.165) is 24.4 Å². The van der Waals surface area contributed by atoms with Gasteiger partial charge in [0.2, 0.25) is 5.82 Å². The zero-order valence-corrected chi connectivity index (χ0v) is 16.6. The first kappa shape index (κ1) is 20.4. The molecular weight excluding hydrogens is 358 g/mol. The molecule has 0 spiro atoms. The lowest BCUT2D eigenvalue weighted by molar-refractivity contribution is 0.191. The van der Waals surface area contributed by atoms with Crippen LogP contribution in [0.15, 0.2) is 42.5 Å². The third-order valence-corrected chi connectivity index (χ3v) is 5.15. The van der Waals surface area contributed by atoms with E-state index in [1.54, 1.807) is 25.1 Å². The lowest BCUT2D eigenvalue weighted by Crippen LogP contribution is -2.13. The lowest BCUT2D eigenvalue weighted by Gasteiger charge is -2.23. The summed E-state index contributed by atoms with van der Waals surface area (Å²) >= 11 is 0. The average molecular weight is 386 g/mol. The molecule has 1 aliphatic rings. The summed E-state index contributed by atoms with van der Waals surface area (Å²) in [5.74, 6) is -0.431. The van der Waals surface area contributed by atoms with Gasteiger partial charge in [-0.15, -0.1) is 0 Å². The molecule has 150 valence electrons. The molecule has 1 heterocycles. The van der Waals surface area contributed by atoms with Crippen LogP contribution in [0.5, 0.6) is 5.75 Å². The second-order valence-electron chi connectivity index (χ2n) is 7.23. The van der Waals surface area contributed by atoms with Crippen molar-refractivity contribution in [2.45, 2.75) is 46.0 Å². The van der Waals surface area contributed by atoms with E-state index in [4.69, 9.17) is 9.47 Å². The number of allylic oxidation sites excluding steroid dienone is 1. The summed E-state index contributed by atoms with van der Waals surface area (Å²) in [4.78, 5) is 0. The molecule has 3 rings (SSSR count). The van der Waals surface area contributed by atoms with Gasteiger partial charge in [-0.05, 0) is 49.5 Å². The minimum Gasteiger partial charge on any atom is -0.493 e. The van der Waals surface area contributed by atoms with E-state index >= 15 is 0 Å². The second-order valence-corrected chi connectivity index (χ2v) is 7.23. The molecule has 0 saturated carbocycles. The molecule has 0 aromatic heterocycles. The normalized spacial score (nSPS) is 16.4. The monoisotopic (exact) mass is 386 g/mol. The summed E-state index contributed by atoms with van der Waals surface area (Å²) in [6.45, 7) is 4.99. The van der Waals surface area contributed by atoms with Crippen LogP contribution < -0.4 is 4.74 Å². The fourth-order valence-corrected chi connectivity index (χ4v) is 3.53. The van der Waals surface area contributed by atoms with E-state index in [1.165, 1.54) is 31.7 Å². The Morgan fingerprint density at radius 2 is 1.71 bits per heavy atom. The van der Waals surface area contributed by atoms with Gasteiger partial charge in [0, 0.05) is 11.1 Å². The van der Waals surface area contributed by atoms with Crippen LogP contribution >= 0.6 is 0 Å². The number of benzene rings is 2. The van der Waals surface area contributed by atoms with Gasteiger partial charge in [0.05, 0.1) is 13.2 Å². The molecular formula is C24H28F2O2. The fraction of sp³-hybridized carbons (Fsp3) is 0.417. The fourth-order valence-electron chi connectivity index (χ4n) is 3.53. The average Bonchev–Trinajstić information content (AvgIpc) is 2.73. The van der Waals surface area contributed by atoms with E-state index in [2.05, 4.69) is 13.0 Å². The van der Waals surface area contributed by atoms with Crippen molar-refractivity contribution in [3.05, 3.63) is 59.7 Å². The standard InChI is InChI=1S/C24H28F2O2/c1-3-5-6-7-17-8-14-21(28-16-17)19-11-9-18(10-12-19)20-13-15-22(27-4-2)24(26)23(20)25/h9-15,17H,3-8,16H2,1-2H3. The number of unbranched alkanes of at least 4 members (excludes halogenated alkanes) is 2. The van der Waals surface area contributed by atoms with Crippen LogP contribution in [0.1, 0.15) is 51.5 Å². The van der Waals surface area contributed by atoms with E-state index in [9.17, 15) is 8.78 Å². The van der Waals surface area contributed by atoms with Crippen LogP contribution in [0, 0.1) is 17.6 Å². The number of halogens is 2. The Hall–Kier alpha value is -2.36. The van der Waals surface area contributed by atoms with Crippen LogP contribution in [-0.4, -0.2) is 13.2 Å². The quantitative estimate of drug-likeness (QED) is 0.455. The van der Waals surface area contributed by atoms with Gasteiger partial charge in [-0.2, -0.15) is 4.39 Å². The first-order chi connectivity index (χ1) is 13.6. The van der Waals surface area contributed by atoms with E-state index in [0.29, 0.717) is 18.1 Å². The summed E-state index contributed by atoms with van der Waals surface area (Å²) in [7, 11) is 0. The van der Waals surface area contributed by atoms with Crippen molar-refractivity contribution in [3.63, 3.8) is 0 Å². The molecule has 0 fully saturated rings. The topological polar surface area (TPSA) is 18.5 Å². The summed E-state index contributed by atoms with van der Waals surface area (Å²) in [6, 6.07) is 10.4. The Morgan fingerprint density at radius 3 is 2.36 bits per heavy atom. The Kier molecular flexibility index (Phi) is 7.07. The lowest BCUT2D eigenvalue weighted by atomic mass is 9.95. The van der Waals surface area contributed by atoms with Crippen LogP contribution in [-0.2, 0) is 4.74 Å². The largest absolute Gasteiger partial charge is 0.493 e. The first-order valence-electron chi connectivity index (χ1n) is 10.2. The molecule has 0 saturated heterocycles. The van der Waals surface area contributed by atoms with Crippen molar-refractivity contribution >= 4 is 5.76 Å². The number of ether oxygens (including phenoxy) is 2. The summed E-state index contributed by atoms with van der Waals surface area (Å²) in [6.07, 6.45) is 8.15. The van der Waals surface area contributed by atoms with E-state index in [1.807, 2.05) is 12.1 Å². The second kappa shape index (κ2) is 9.72. The predicted molar refractivity (Wildman–Crippen MR) is 109 cm³/mol. The molecule has 2 nitrogen and oxygen atoms in total. The van der Waals surface area contributed by atoms with Gasteiger partial charge < -0.3 is 9.47 Å². The van der Waals surface area contributed by atoms with Crippen LogP contribution in [0.3, 0.4) is 0 Å². The highest BCUT2D eigenvalue weighted by Crippen LogP contribution is 2.32. The van der Waals surface area contributed by atoms with Gasteiger partial charge in [-0.1, -0.05) is 50.5 Å². The minimum absolute atomic E-state index is 0.0605. The maximum absolute atomic E-state index is 14.4. The van der Waals surface area contributed by atoms with Crippen molar-refractivity contribution in [2.75, 3.05) is 13.2 Å². The number of hydrogen-bond acceptors (Lipinski definition) is 2. The van der Waals surface area contributed by atoms with Gasteiger partial charge in [0.15, 0.2) is 11.6 Å². The molecule has 28 heavy (non-hydrogen) atoms. The Labute approximate surface area is 166 Å². The maximum Gasteiger partial charge on any atom is 0.201 e. The summed E-state index contributed by atoms with van der Waals surface area (Å²) in [5.41, 5.74) is 1.81. The zero-order chi connectivity index (χ0) is 19.9. The van der Waals surface area contributed by atoms with E-state index < -0.39 is 11.6 Å². The highest BCUT2D eigenvalue weighted by Gasteiger charge is 2.18. The number of hydrogen-bond donors (Lipinski definition) is 0. The summed E-state index contributed by atoms with van der Waals surface area (Å²) in [5, 5.41) is 0. The Morgan fingerprint density at radius 1 is 0.964 bits per heavy atom. The molecule has 4 heteroatoms. The van der Waals surface area contributed by atoms with Gasteiger partial charge >= 0.3 is 0 Å². The zero-order valence-electron chi connectivity index (χ0n) is 16.6. The van der Waals surface area contributed by atoms with Crippen LogP contribution in [0.4, 0.5) is 8.78 Å². The molecule has 0 bridgehead atoms. The van der Waals surface area contributed by atoms with E-state index in [-0.39, 0.29) is 11.3 Å². The van der Waals surface area contributed by atoms with Crippen LogP contribution in [0.25, 0.3) is 16.9 Å². The maximum atomic E-state index is 14.4. The van der Waals surface area contributed by atoms with Gasteiger partial charge in [-0.3, -0.25) is 0 Å². The molecule has 1 aliphatic heterocycles. The molecule has 2 aromatic rings. The van der Waals surface area contributed by atoms with Crippen molar-refractivity contribution in [2.24, 2.45) is 5.92 Å². The molecule has 1 unspecified atom stereocenters. The van der Waals surface area contributed by atoms with Crippen LogP contribution in [0.2, 0.25) is 0 Å². The van der Waals surface area contributed by atoms with Crippen molar-refractivity contribution in [1.29, 1.82) is 0 Å². The molecule has 0 aliphatic carbocycles. The Bertz CT molecular complexity index is 812. The first-order valence-corrected chi connectivity index (χ1v) is 10.2. The third-order valence-electron chi connectivity index (χ3n) is 5.15. The predicted octanol–water partition coefficient (Wildman–Crippen LogP) is 6.99. The highest BCUT2D eigenvalue weighted by atomic mass is 19.2. The SMILES string of the molecule is CCCCCC1CC=C(c2ccc(-c3ccc(OCC)c(F)c3F)cc2)OC1.